The smallest absolute Gasteiger partial charge is 0.241 e. The van der Waals surface area contributed by atoms with Gasteiger partial charge in [0, 0.05) is 32.2 Å². The lowest BCUT2D eigenvalue weighted by Gasteiger charge is -2.33. The zero-order valence-electron chi connectivity index (χ0n) is 12.7. The van der Waals surface area contributed by atoms with Gasteiger partial charge in [0.05, 0.1) is 6.54 Å². The van der Waals surface area contributed by atoms with Crippen molar-refractivity contribution in [1.29, 1.82) is 0 Å². The third kappa shape index (κ3) is 3.00. The fraction of sp³-hybridized carbons (Fsp3) is 0.643. The fourth-order valence-corrected chi connectivity index (χ4v) is 2.28. The molecule has 0 bridgehead atoms. The van der Waals surface area contributed by atoms with Crippen LogP contribution >= 0.6 is 0 Å². The van der Waals surface area contributed by atoms with E-state index in [1.165, 1.54) is 0 Å². The van der Waals surface area contributed by atoms with Crippen molar-refractivity contribution in [3.63, 3.8) is 0 Å². The van der Waals surface area contributed by atoms with E-state index in [1.54, 1.807) is 4.90 Å². The van der Waals surface area contributed by atoms with Crippen LogP contribution in [0.1, 0.15) is 24.7 Å². The molecule has 6 nitrogen and oxygen atoms in total. The van der Waals surface area contributed by atoms with E-state index in [1.807, 2.05) is 25.8 Å². The van der Waals surface area contributed by atoms with Gasteiger partial charge in [0.2, 0.25) is 5.91 Å². The predicted molar refractivity (Wildman–Crippen MR) is 80.1 cm³/mol. The lowest BCUT2D eigenvalue weighted by molar-refractivity contribution is -0.129. The molecule has 1 fully saturated rings. The van der Waals surface area contributed by atoms with Crippen molar-refractivity contribution in [1.82, 2.24) is 14.9 Å². The van der Waals surface area contributed by atoms with Crippen LogP contribution in [-0.2, 0) is 4.79 Å². The normalized spacial score (nSPS) is 15.7. The highest BCUT2D eigenvalue weighted by Crippen LogP contribution is 2.24. The molecule has 1 aromatic rings. The molecule has 1 aliphatic heterocycles. The maximum absolute atomic E-state index is 11.9. The number of piperazine rings is 1. The maximum atomic E-state index is 11.9. The zero-order valence-corrected chi connectivity index (χ0v) is 12.7. The number of nitrogens with one attached hydrogen (secondary N) is 1. The average Bonchev–Trinajstić information content (AvgIpc) is 2.42. The standard InChI is InChI=1S/C14H23N5O/c1-5-6-15-13-10(2)14(17-11(3)16-13)19-8-7-18(4)12(20)9-19/h5-9H2,1-4H3,(H,15,16,17). The zero-order chi connectivity index (χ0) is 14.7. The number of anilines is 2. The number of likely N-dealkylation sites (N-methyl/N-ethyl adjacent to an activating group) is 1. The molecule has 1 saturated heterocycles. The Balaban J connectivity index is 2.27. The van der Waals surface area contributed by atoms with Crippen LogP contribution in [0.15, 0.2) is 0 Å². The van der Waals surface area contributed by atoms with Gasteiger partial charge in [0.15, 0.2) is 0 Å². The number of hydrogen-bond acceptors (Lipinski definition) is 5. The Bertz CT molecular complexity index is 503. The van der Waals surface area contributed by atoms with Crippen LogP contribution in [0, 0.1) is 13.8 Å². The molecule has 1 N–H and O–H groups in total. The molecule has 110 valence electrons. The Morgan fingerprint density at radius 2 is 2.00 bits per heavy atom. The van der Waals surface area contributed by atoms with Crippen molar-refractivity contribution in [2.45, 2.75) is 27.2 Å². The van der Waals surface area contributed by atoms with E-state index < -0.39 is 0 Å². The van der Waals surface area contributed by atoms with Crippen LogP contribution in [0.25, 0.3) is 0 Å². The number of rotatable bonds is 4. The number of hydrogen-bond donors (Lipinski definition) is 1. The van der Waals surface area contributed by atoms with E-state index in [2.05, 4.69) is 22.2 Å². The number of aromatic nitrogens is 2. The van der Waals surface area contributed by atoms with Gasteiger partial charge in [-0.3, -0.25) is 4.79 Å². The first-order valence-corrected chi connectivity index (χ1v) is 7.11. The van der Waals surface area contributed by atoms with Crippen molar-refractivity contribution in [3.05, 3.63) is 11.4 Å². The minimum atomic E-state index is 0.134. The van der Waals surface area contributed by atoms with E-state index in [4.69, 9.17) is 0 Å². The van der Waals surface area contributed by atoms with Gasteiger partial charge in [-0.15, -0.1) is 0 Å². The van der Waals surface area contributed by atoms with Crippen LogP contribution < -0.4 is 10.2 Å². The molecule has 0 atom stereocenters. The summed E-state index contributed by atoms with van der Waals surface area (Å²) >= 11 is 0. The molecule has 2 heterocycles. The average molecular weight is 277 g/mol. The topological polar surface area (TPSA) is 61.4 Å². The molecule has 0 saturated carbocycles. The van der Waals surface area contributed by atoms with Crippen molar-refractivity contribution in [2.75, 3.05) is 43.4 Å². The highest BCUT2D eigenvalue weighted by molar-refractivity contribution is 5.82. The highest BCUT2D eigenvalue weighted by Gasteiger charge is 2.24. The van der Waals surface area contributed by atoms with Crippen molar-refractivity contribution in [3.8, 4) is 0 Å². The Morgan fingerprint density at radius 1 is 1.25 bits per heavy atom. The molecule has 0 aromatic carbocycles. The largest absolute Gasteiger partial charge is 0.370 e. The second-order valence-corrected chi connectivity index (χ2v) is 5.23. The Morgan fingerprint density at radius 3 is 2.65 bits per heavy atom. The van der Waals surface area contributed by atoms with Crippen molar-refractivity contribution < 1.29 is 4.79 Å². The van der Waals surface area contributed by atoms with Gasteiger partial charge in [0.25, 0.3) is 0 Å². The van der Waals surface area contributed by atoms with Gasteiger partial charge in [-0.05, 0) is 20.3 Å². The SMILES string of the molecule is CCCNc1nc(C)nc(N2CCN(C)C(=O)C2)c1C. The van der Waals surface area contributed by atoms with Crippen molar-refractivity contribution in [2.24, 2.45) is 0 Å². The van der Waals surface area contributed by atoms with Crippen molar-refractivity contribution >= 4 is 17.5 Å². The molecule has 0 aliphatic carbocycles. The highest BCUT2D eigenvalue weighted by atomic mass is 16.2. The minimum absolute atomic E-state index is 0.134. The molecule has 1 aromatic heterocycles. The maximum Gasteiger partial charge on any atom is 0.241 e. The molecular formula is C14H23N5O. The molecule has 0 radical (unpaired) electrons. The van der Waals surface area contributed by atoms with E-state index in [9.17, 15) is 4.79 Å². The van der Waals surface area contributed by atoms with Gasteiger partial charge in [0.1, 0.15) is 17.5 Å². The molecular weight excluding hydrogens is 254 g/mol. The van der Waals surface area contributed by atoms with Crippen LogP contribution in [0.2, 0.25) is 0 Å². The summed E-state index contributed by atoms with van der Waals surface area (Å²) in [7, 11) is 1.84. The number of carbonyl (C=O) groups is 1. The van der Waals surface area contributed by atoms with Gasteiger partial charge >= 0.3 is 0 Å². The van der Waals surface area contributed by atoms with Gasteiger partial charge in [-0.25, -0.2) is 9.97 Å². The summed E-state index contributed by atoms with van der Waals surface area (Å²) in [5.74, 6) is 2.61. The fourth-order valence-electron chi connectivity index (χ4n) is 2.28. The second-order valence-electron chi connectivity index (χ2n) is 5.23. The third-order valence-corrected chi connectivity index (χ3v) is 3.53. The van der Waals surface area contributed by atoms with Crippen LogP contribution in [-0.4, -0.2) is 54.0 Å². The summed E-state index contributed by atoms with van der Waals surface area (Å²) in [6.07, 6.45) is 1.05. The monoisotopic (exact) mass is 277 g/mol. The summed E-state index contributed by atoms with van der Waals surface area (Å²) in [6, 6.07) is 0. The third-order valence-electron chi connectivity index (χ3n) is 3.53. The lowest BCUT2D eigenvalue weighted by Crippen LogP contribution is -2.49. The number of aryl methyl sites for hydroxylation is 1. The first-order valence-electron chi connectivity index (χ1n) is 7.11. The van der Waals surface area contributed by atoms with E-state index in [-0.39, 0.29) is 5.91 Å². The van der Waals surface area contributed by atoms with E-state index in [0.717, 1.165) is 49.1 Å². The van der Waals surface area contributed by atoms with Gasteiger partial charge in [-0.1, -0.05) is 6.92 Å². The van der Waals surface area contributed by atoms with Crippen LogP contribution in [0.3, 0.4) is 0 Å². The summed E-state index contributed by atoms with van der Waals surface area (Å²) in [5.41, 5.74) is 1.02. The Kier molecular flexibility index (Phi) is 4.42. The second kappa shape index (κ2) is 6.07. The minimum Gasteiger partial charge on any atom is -0.370 e. The first kappa shape index (κ1) is 14.6. The Labute approximate surface area is 120 Å². The molecule has 0 unspecified atom stereocenters. The Hall–Kier alpha value is -1.85. The summed E-state index contributed by atoms with van der Waals surface area (Å²) in [5, 5.41) is 3.33. The number of amides is 1. The summed E-state index contributed by atoms with van der Waals surface area (Å²) in [6.45, 7) is 8.84. The summed E-state index contributed by atoms with van der Waals surface area (Å²) < 4.78 is 0. The first-order chi connectivity index (χ1) is 9.52. The number of carbonyl (C=O) groups excluding carboxylic acids is 1. The van der Waals surface area contributed by atoms with E-state index in [0.29, 0.717) is 6.54 Å². The molecule has 0 spiro atoms. The quantitative estimate of drug-likeness (QED) is 0.896. The predicted octanol–water partition coefficient (Wildman–Crippen LogP) is 1.19. The lowest BCUT2D eigenvalue weighted by atomic mass is 10.2. The van der Waals surface area contributed by atoms with Crippen LogP contribution in [0.4, 0.5) is 11.6 Å². The molecule has 20 heavy (non-hydrogen) atoms. The molecule has 1 aliphatic rings. The molecule has 1 amide bonds. The summed E-state index contributed by atoms with van der Waals surface area (Å²) in [4.78, 5) is 24.6. The van der Waals surface area contributed by atoms with Gasteiger partial charge < -0.3 is 15.1 Å². The van der Waals surface area contributed by atoms with Crippen LogP contribution in [0.5, 0.6) is 0 Å². The molecule has 2 rings (SSSR count). The van der Waals surface area contributed by atoms with Gasteiger partial charge in [-0.2, -0.15) is 0 Å². The number of nitrogens with zero attached hydrogens (tertiary/aromatic N) is 4. The molecule has 6 heteroatoms. The van der Waals surface area contributed by atoms with E-state index >= 15 is 0 Å².